The lowest BCUT2D eigenvalue weighted by atomic mass is 10.2. The Kier molecular flexibility index (Phi) is 3.47. The van der Waals surface area contributed by atoms with Crippen molar-refractivity contribution in [2.24, 2.45) is 4.99 Å². The number of nitrogens with one attached hydrogen (secondary N) is 1. The van der Waals surface area contributed by atoms with Gasteiger partial charge in [0.05, 0.1) is 15.7 Å². The highest BCUT2D eigenvalue weighted by Gasteiger charge is 2.27. The van der Waals surface area contributed by atoms with E-state index in [2.05, 4.69) is 15.3 Å². The van der Waals surface area contributed by atoms with Crippen molar-refractivity contribution in [2.75, 3.05) is 7.05 Å². The minimum Gasteiger partial charge on any atom is -0.353 e. The fourth-order valence-electron chi connectivity index (χ4n) is 2.11. The lowest BCUT2D eigenvalue weighted by Crippen LogP contribution is -2.41. The summed E-state index contributed by atoms with van der Waals surface area (Å²) in [5.41, 5.74) is 4.20. The second-order valence-corrected chi connectivity index (χ2v) is 6.09. The summed E-state index contributed by atoms with van der Waals surface area (Å²) in [6.07, 6.45) is 1.81. The molecule has 0 aliphatic carbocycles. The van der Waals surface area contributed by atoms with Crippen LogP contribution in [0.15, 0.2) is 34.4 Å². The standard InChI is InChI=1S/C15H16N4OS/c1-9(2)17-15-18-12(14(20)19(15)3)6-10-4-5-11-13(7-10)21-8-16-11/h4-9H,1-3H3,(H,17,18)/b12-6-. The summed E-state index contributed by atoms with van der Waals surface area (Å²) in [6.45, 7) is 4.03. The number of benzene rings is 1. The molecule has 0 radical (unpaired) electrons. The van der Waals surface area contributed by atoms with Crippen LogP contribution < -0.4 is 5.32 Å². The van der Waals surface area contributed by atoms with Crippen LogP contribution in [0.5, 0.6) is 0 Å². The largest absolute Gasteiger partial charge is 0.353 e. The number of hydrogen-bond donors (Lipinski definition) is 1. The van der Waals surface area contributed by atoms with Crippen LogP contribution in [0.3, 0.4) is 0 Å². The van der Waals surface area contributed by atoms with Crippen LogP contribution in [-0.2, 0) is 4.79 Å². The Bertz CT molecular complexity index is 760. The molecule has 2 heterocycles. The van der Waals surface area contributed by atoms with Crippen molar-refractivity contribution < 1.29 is 4.79 Å². The van der Waals surface area contributed by atoms with E-state index in [1.165, 1.54) is 4.90 Å². The maximum Gasteiger partial charge on any atom is 0.279 e. The molecular formula is C15H16N4OS. The average molecular weight is 300 g/mol. The molecule has 0 bridgehead atoms. The van der Waals surface area contributed by atoms with Crippen molar-refractivity contribution in [3.05, 3.63) is 35.0 Å². The van der Waals surface area contributed by atoms with Gasteiger partial charge in [0.1, 0.15) is 5.70 Å². The number of fused-ring (bicyclic) bond motifs is 1. The lowest BCUT2D eigenvalue weighted by molar-refractivity contribution is -0.121. The number of nitrogens with zero attached hydrogens (tertiary/aromatic N) is 3. The Hall–Kier alpha value is -2.21. The molecule has 0 saturated carbocycles. The number of carbonyl (C=O) groups is 1. The van der Waals surface area contributed by atoms with E-state index in [9.17, 15) is 4.79 Å². The first-order chi connectivity index (χ1) is 10.0. The number of thiazole rings is 1. The van der Waals surface area contributed by atoms with Crippen LogP contribution >= 0.6 is 11.3 Å². The lowest BCUT2D eigenvalue weighted by Gasteiger charge is -2.15. The van der Waals surface area contributed by atoms with Gasteiger partial charge < -0.3 is 5.32 Å². The van der Waals surface area contributed by atoms with E-state index in [0.29, 0.717) is 11.7 Å². The topological polar surface area (TPSA) is 57.6 Å². The maximum absolute atomic E-state index is 12.2. The highest BCUT2D eigenvalue weighted by Crippen LogP contribution is 2.22. The Morgan fingerprint density at radius 2 is 2.19 bits per heavy atom. The van der Waals surface area contributed by atoms with E-state index in [1.807, 2.05) is 43.6 Å². The summed E-state index contributed by atoms with van der Waals surface area (Å²) in [5, 5.41) is 3.17. The molecule has 2 aromatic rings. The molecule has 3 rings (SSSR count). The van der Waals surface area contributed by atoms with Gasteiger partial charge in [0, 0.05) is 13.1 Å². The normalized spacial score (nSPS) is 17.1. The molecule has 1 amide bonds. The number of likely N-dealkylation sites (N-methyl/N-ethyl adjacent to an activating group) is 1. The number of guanidine groups is 1. The summed E-state index contributed by atoms with van der Waals surface area (Å²) in [6, 6.07) is 6.16. The van der Waals surface area contributed by atoms with E-state index in [-0.39, 0.29) is 11.9 Å². The molecule has 5 nitrogen and oxygen atoms in total. The summed E-state index contributed by atoms with van der Waals surface area (Å²) in [4.78, 5) is 22.4. The Labute approximate surface area is 127 Å². The first kappa shape index (κ1) is 13.8. The van der Waals surface area contributed by atoms with Crippen molar-refractivity contribution in [3.8, 4) is 0 Å². The van der Waals surface area contributed by atoms with Crippen molar-refractivity contribution in [1.82, 2.24) is 15.2 Å². The Balaban J connectivity index is 1.94. The number of amides is 1. The Morgan fingerprint density at radius 3 is 2.95 bits per heavy atom. The van der Waals surface area contributed by atoms with Crippen LogP contribution in [0.2, 0.25) is 0 Å². The van der Waals surface area contributed by atoms with Gasteiger partial charge in [-0.1, -0.05) is 6.07 Å². The molecule has 1 aromatic carbocycles. The second kappa shape index (κ2) is 5.29. The molecule has 0 fully saturated rings. The summed E-state index contributed by atoms with van der Waals surface area (Å²) in [5.74, 6) is 0.502. The van der Waals surface area contributed by atoms with E-state index < -0.39 is 0 Å². The molecule has 0 atom stereocenters. The van der Waals surface area contributed by atoms with Crippen LogP contribution in [0.1, 0.15) is 19.4 Å². The number of aromatic nitrogens is 1. The predicted molar refractivity (Wildman–Crippen MR) is 86.1 cm³/mol. The highest BCUT2D eigenvalue weighted by molar-refractivity contribution is 7.16. The maximum atomic E-state index is 12.2. The van der Waals surface area contributed by atoms with E-state index in [0.717, 1.165) is 15.8 Å². The quantitative estimate of drug-likeness (QED) is 0.867. The molecule has 6 heteroatoms. The van der Waals surface area contributed by atoms with Gasteiger partial charge in [-0.15, -0.1) is 11.3 Å². The molecule has 1 N–H and O–H groups in total. The second-order valence-electron chi connectivity index (χ2n) is 5.21. The van der Waals surface area contributed by atoms with Gasteiger partial charge in [-0.2, -0.15) is 0 Å². The summed E-state index contributed by atoms with van der Waals surface area (Å²) in [7, 11) is 1.73. The molecule has 1 aliphatic heterocycles. The third-order valence-electron chi connectivity index (χ3n) is 3.14. The molecule has 21 heavy (non-hydrogen) atoms. The number of rotatable bonds is 2. The van der Waals surface area contributed by atoms with Gasteiger partial charge in [0.15, 0.2) is 0 Å². The van der Waals surface area contributed by atoms with Gasteiger partial charge in [0.2, 0.25) is 5.96 Å². The zero-order chi connectivity index (χ0) is 15.0. The van der Waals surface area contributed by atoms with Crippen LogP contribution in [0.4, 0.5) is 0 Å². The zero-order valence-corrected chi connectivity index (χ0v) is 12.9. The predicted octanol–water partition coefficient (Wildman–Crippen LogP) is 2.46. The van der Waals surface area contributed by atoms with Gasteiger partial charge in [-0.3, -0.25) is 9.69 Å². The molecule has 0 spiro atoms. The minimum atomic E-state index is -0.0949. The number of aliphatic imine (C=N–C) groups is 1. The minimum absolute atomic E-state index is 0.0949. The van der Waals surface area contributed by atoms with Crippen molar-refractivity contribution in [1.29, 1.82) is 0 Å². The van der Waals surface area contributed by atoms with E-state index in [1.54, 1.807) is 18.4 Å². The number of hydrogen-bond acceptors (Lipinski definition) is 5. The van der Waals surface area contributed by atoms with Crippen molar-refractivity contribution >= 4 is 39.5 Å². The van der Waals surface area contributed by atoms with Gasteiger partial charge in [-0.05, 0) is 37.6 Å². The van der Waals surface area contributed by atoms with Gasteiger partial charge >= 0.3 is 0 Å². The van der Waals surface area contributed by atoms with E-state index in [4.69, 9.17) is 0 Å². The molecule has 1 aromatic heterocycles. The first-order valence-electron chi connectivity index (χ1n) is 6.73. The third kappa shape index (κ3) is 2.67. The molecule has 1 aliphatic rings. The number of carbonyl (C=O) groups excluding carboxylic acids is 1. The summed E-state index contributed by atoms with van der Waals surface area (Å²) >= 11 is 1.59. The average Bonchev–Trinajstić information content (AvgIpc) is 2.99. The first-order valence-corrected chi connectivity index (χ1v) is 7.61. The molecule has 0 saturated heterocycles. The summed E-state index contributed by atoms with van der Waals surface area (Å²) < 4.78 is 1.10. The fraction of sp³-hybridized carbons (Fsp3) is 0.267. The fourth-order valence-corrected chi connectivity index (χ4v) is 2.83. The molecular weight excluding hydrogens is 284 g/mol. The van der Waals surface area contributed by atoms with Crippen LogP contribution in [0.25, 0.3) is 16.3 Å². The van der Waals surface area contributed by atoms with Crippen LogP contribution in [-0.4, -0.2) is 34.8 Å². The third-order valence-corrected chi connectivity index (χ3v) is 3.94. The van der Waals surface area contributed by atoms with Crippen molar-refractivity contribution in [3.63, 3.8) is 0 Å². The van der Waals surface area contributed by atoms with Gasteiger partial charge in [0.25, 0.3) is 5.91 Å². The van der Waals surface area contributed by atoms with E-state index >= 15 is 0 Å². The van der Waals surface area contributed by atoms with Crippen LogP contribution in [0, 0.1) is 0 Å². The van der Waals surface area contributed by atoms with Gasteiger partial charge in [-0.25, -0.2) is 9.98 Å². The Morgan fingerprint density at radius 1 is 1.38 bits per heavy atom. The smallest absolute Gasteiger partial charge is 0.279 e. The van der Waals surface area contributed by atoms with Crippen molar-refractivity contribution in [2.45, 2.75) is 19.9 Å². The monoisotopic (exact) mass is 300 g/mol. The molecule has 108 valence electrons. The molecule has 0 unspecified atom stereocenters. The zero-order valence-electron chi connectivity index (χ0n) is 12.1. The highest BCUT2D eigenvalue weighted by atomic mass is 32.1. The SMILES string of the molecule is CC(C)NC1=N/C(=C\c2ccc3ncsc3c2)C(=O)N1C.